The molecule has 32 heavy (non-hydrogen) atoms. The number of halogens is 5. The molecule has 0 spiro atoms. The second-order valence-electron chi connectivity index (χ2n) is 8.78. The monoisotopic (exact) mass is 447 g/mol. The highest BCUT2D eigenvalue weighted by Gasteiger charge is 2.55. The second kappa shape index (κ2) is 7.61. The molecule has 1 amide bonds. The predicted octanol–water partition coefficient (Wildman–Crippen LogP) is 5.23. The molecule has 1 fully saturated rings. The molecule has 1 aliphatic carbocycles. The molecule has 2 nitrogen and oxygen atoms in total. The molecule has 3 atom stereocenters. The van der Waals surface area contributed by atoms with Gasteiger partial charge in [-0.3, -0.25) is 4.79 Å². The van der Waals surface area contributed by atoms with Gasteiger partial charge in [0.15, 0.2) is 0 Å². The van der Waals surface area contributed by atoms with Gasteiger partial charge in [-0.15, -0.1) is 6.42 Å². The number of benzene rings is 2. The van der Waals surface area contributed by atoms with Crippen molar-refractivity contribution in [1.82, 2.24) is 4.90 Å². The van der Waals surface area contributed by atoms with E-state index in [0.29, 0.717) is 44.7 Å². The third kappa shape index (κ3) is 3.46. The number of nitrogens with zero attached hydrogens (tertiary/aromatic N) is 1. The molecule has 2 aromatic rings. The van der Waals surface area contributed by atoms with Crippen molar-refractivity contribution in [3.05, 3.63) is 70.5 Å². The maximum atomic E-state index is 14.6. The Kier molecular flexibility index (Phi) is 5.31. The number of alkyl halides is 4. The summed E-state index contributed by atoms with van der Waals surface area (Å²) in [4.78, 5) is 14.0. The van der Waals surface area contributed by atoms with E-state index in [2.05, 4.69) is 5.92 Å². The number of terminal acetylenes is 1. The zero-order chi connectivity index (χ0) is 23.3. The Balaban J connectivity index is 1.82. The Bertz CT molecular complexity index is 1080. The van der Waals surface area contributed by atoms with Crippen LogP contribution < -0.4 is 0 Å². The number of fused-ring (bicyclic) bond motifs is 3. The summed E-state index contributed by atoms with van der Waals surface area (Å²) in [7, 11) is 0. The van der Waals surface area contributed by atoms with Gasteiger partial charge in [-0.05, 0) is 72.9 Å². The minimum Gasteiger partial charge on any atom is -0.328 e. The van der Waals surface area contributed by atoms with Crippen LogP contribution in [-0.2, 0) is 28.7 Å². The average molecular weight is 447 g/mol. The first-order chi connectivity index (χ1) is 15.0. The fourth-order valence-corrected chi connectivity index (χ4v) is 5.32. The average Bonchev–Trinajstić information content (AvgIpc) is 3.13. The van der Waals surface area contributed by atoms with Gasteiger partial charge in [0.05, 0.1) is 0 Å². The van der Waals surface area contributed by atoms with Crippen LogP contribution in [0, 0.1) is 18.2 Å². The van der Waals surface area contributed by atoms with Gasteiger partial charge in [0.2, 0.25) is 5.67 Å². The van der Waals surface area contributed by atoms with Crippen molar-refractivity contribution in [2.75, 3.05) is 6.54 Å². The molecular formula is C25H22F5NO. The lowest BCUT2D eigenvalue weighted by molar-refractivity contribution is -0.228. The minimum absolute atomic E-state index is 0.242. The van der Waals surface area contributed by atoms with E-state index in [4.69, 9.17) is 6.42 Å². The van der Waals surface area contributed by atoms with E-state index in [1.807, 2.05) is 0 Å². The zero-order valence-corrected chi connectivity index (χ0v) is 17.5. The van der Waals surface area contributed by atoms with Crippen LogP contribution in [0.3, 0.4) is 0 Å². The summed E-state index contributed by atoms with van der Waals surface area (Å²) in [5.74, 6) is 1.36. The summed E-state index contributed by atoms with van der Waals surface area (Å²) < 4.78 is 67.9. The number of carbonyl (C=O) groups is 1. The van der Waals surface area contributed by atoms with Crippen LogP contribution in [0.5, 0.6) is 0 Å². The molecule has 1 unspecified atom stereocenters. The van der Waals surface area contributed by atoms with Gasteiger partial charge in [0, 0.05) is 18.0 Å². The summed E-state index contributed by atoms with van der Waals surface area (Å²) in [6.07, 6.45) is 2.25. The summed E-state index contributed by atoms with van der Waals surface area (Å²) in [6, 6.07) is 9.84. The van der Waals surface area contributed by atoms with Crippen molar-refractivity contribution in [3.8, 4) is 12.3 Å². The molecule has 2 aliphatic rings. The molecule has 4 rings (SSSR count). The first kappa shape index (κ1) is 22.3. The maximum Gasteiger partial charge on any atom is 0.426 e. The molecule has 0 saturated carbocycles. The van der Waals surface area contributed by atoms with Gasteiger partial charge in [0.1, 0.15) is 5.82 Å². The fourth-order valence-electron chi connectivity index (χ4n) is 5.32. The van der Waals surface area contributed by atoms with E-state index in [1.165, 1.54) is 24.3 Å². The van der Waals surface area contributed by atoms with Gasteiger partial charge in [-0.1, -0.05) is 30.3 Å². The van der Waals surface area contributed by atoms with Crippen molar-refractivity contribution >= 4 is 5.91 Å². The molecule has 1 heterocycles. The highest BCUT2D eigenvalue weighted by Crippen LogP contribution is 2.50. The molecule has 1 saturated heterocycles. The molecule has 2 aromatic carbocycles. The lowest BCUT2D eigenvalue weighted by Crippen LogP contribution is -2.49. The van der Waals surface area contributed by atoms with Crippen LogP contribution in [0.1, 0.15) is 42.0 Å². The number of hydrogen-bond acceptors (Lipinski definition) is 1. The topological polar surface area (TPSA) is 20.3 Å². The molecular weight excluding hydrogens is 425 g/mol. The van der Waals surface area contributed by atoms with Crippen molar-refractivity contribution in [2.45, 2.75) is 55.9 Å². The van der Waals surface area contributed by atoms with Gasteiger partial charge >= 0.3 is 6.18 Å². The fraction of sp³-hybridized carbons (Fsp3) is 0.400. The molecule has 0 N–H and O–H groups in total. The highest BCUT2D eigenvalue weighted by molar-refractivity contribution is 5.93. The number of hydrogen-bond donors (Lipinski definition) is 0. The van der Waals surface area contributed by atoms with E-state index in [-0.39, 0.29) is 11.9 Å². The number of amides is 1. The van der Waals surface area contributed by atoms with Crippen LogP contribution >= 0.6 is 0 Å². The molecule has 1 aliphatic heterocycles. The van der Waals surface area contributed by atoms with Gasteiger partial charge in [0.25, 0.3) is 5.91 Å². The van der Waals surface area contributed by atoms with E-state index >= 15 is 0 Å². The van der Waals surface area contributed by atoms with Crippen LogP contribution in [0.25, 0.3) is 0 Å². The summed E-state index contributed by atoms with van der Waals surface area (Å²) in [5, 5.41) is 0. The van der Waals surface area contributed by atoms with Gasteiger partial charge in [-0.2, -0.15) is 13.2 Å². The summed E-state index contributed by atoms with van der Waals surface area (Å²) >= 11 is 0. The van der Waals surface area contributed by atoms with E-state index < -0.39 is 28.7 Å². The normalized spacial score (nSPS) is 24.3. The van der Waals surface area contributed by atoms with Crippen LogP contribution in [0.4, 0.5) is 22.0 Å². The standard InChI is InChI=1S/C25H22F5NO/c1-3-22(32)31-13-12-24(15-16-4-8-19(26)9-5-16)20-10-7-18(23(2,27)25(28,29)30)14-17(20)6-11-21(24)31/h1,4-5,7-10,14,21H,6,11-13,15H2,2H3/t21-,23?,24-/m1/s1. The van der Waals surface area contributed by atoms with Crippen molar-refractivity contribution < 1.29 is 26.7 Å². The van der Waals surface area contributed by atoms with Crippen molar-refractivity contribution in [2.24, 2.45) is 0 Å². The first-order valence-corrected chi connectivity index (χ1v) is 10.4. The summed E-state index contributed by atoms with van der Waals surface area (Å²) in [5.41, 5.74) is -2.22. The third-order valence-electron chi connectivity index (χ3n) is 7.03. The largest absolute Gasteiger partial charge is 0.426 e. The Morgan fingerprint density at radius 2 is 1.88 bits per heavy atom. The van der Waals surface area contributed by atoms with Crippen LogP contribution in [0.2, 0.25) is 0 Å². The Labute approximate surface area is 183 Å². The van der Waals surface area contributed by atoms with Crippen LogP contribution in [0.15, 0.2) is 42.5 Å². The number of aryl methyl sites for hydroxylation is 1. The zero-order valence-electron chi connectivity index (χ0n) is 17.5. The van der Waals surface area contributed by atoms with Gasteiger partial charge < -0.3 is 4.90 Å². The van der Waals surface area contributed by atoms with E-state index in [9.17, 15) is 26.7 Å². The lowest BCUT2D eigenvalue weighted by Gasteiger charge is -2.43. The molecule has 168 valence electrons. The SMILES string of the molecule is C#CC(=O)N1CC[C@@]2(Cc3ccc(F)cc3)c3ccc(C(C)(F)C(F)(F)F)cc3CC[C@@H]12. The summed E-state index contributed by atoms with van der Waals surface area (Å²) in [6.45, 7) is 0.941. The number of likely N-dealkylation sites (tertiary alicyclic amines) is 1. The number of rotatable bonds is 3. The number of carbonyl (C=O) groups excluding carboxylic acids is 1. The van der Waals surface area contributed by atoms with Crippen molar-refractivity contribution in [1.29, 1.82) is 0 Å². The first-order valence-electron chi connectivity index (χ1n) is 10.4. The maximum absolute atomic E-state index is 14.6. The second-order valence-corrected chi connectivity index (χ2v) is 8.78. The molecule has 0 radical (unpaired) electrons. The predicted molar refractivity (Wildman–Crippen MR) is 110 cm³/mol. The quantitative estimate of drug-likeness (QED) is 0.466. The van der Waals surface area contributed by atoms with E-state index in [0.717, 1.165) is 11.1 Å². The lowest BCUT2D eigenvalue weighted by atomic mass is 9.63. The molecule has 0 bridgehead atoms. The van der Waals surface area contributed by atoms with Crippen LogP contribution in [-0.4, -0.2) is 29.6 Å². The smallest absolute Gasteiger partial charge is 0.328 e. The van der Waals surface area contributed by atoms with E-state index in [1.54, 1.807) is 23.1 Å². The molecule has 0 aromatic heterocycles. The minimum atomic E-state index is -5.03. The molecule has 7 heteroatoms. The Hall–Kier alpha value is -2.88. The van der Waals surface area contributed by atoms with Gasteiger partial charge in [-0.25, -0.2) is 8.78 Å². The highest BCUT2D eigenvalue weighted by atomic mass is 19.4. The Morgan fingerprint density at radius 3 is 2.50 bits per heavy atom. The third-order valence-corrected chi connectivity index (χ3v) is 7.03. The Morgan fingerprint density at radius 1 is 1.19 bits per heavy atom. The van der Waals surface area contributed by atoms with Crippen molar-refractivity contribution in [3.63, 3.8) is 0 Å².